The van der Waals surface area contributed by atoms with Crippen molar-refractivity contribution in [3.63, 3.8) is 0 Å². The summed E-state index contributed by atoms with van der Waals surface area (Å²) >= 11 is 5.94. The maximum Gasteiger partial charge on any atom is 0.292 e. The molecule has 2 aromatic rings. The van der Waals surface area contributed by atoms with Crippen molar-refractivity contribution in [2.45, 2.75) is 20.4 Å². The lowest BCUT2D eigenvalue weighted by Gasteiger charge is -2.08. The number of aromatic nitrogens is 2. The smallest absolute Gasteiger partial charge is 0.292 e. The van der Waals surface area contributed by atoms with Gasteiger partial charge >= 0.3 is 0 Å². The van der Waals surface area contributed by atoms with Crippen molar-refractivity contribution in [3.05, 3.63) is 50.8 Å². The lowest BCUT2D eigenvalue weighted by atomic mass is 10.1. The second-order valence-electron chi connectivity index (χ2n) is 4.37. The number of anilines is 1. The highest BCUT2D eigenvalue weighted by Gasteiger charge is 2.14. The molecule has 0 unspecified atom stereocenters. The standard InChI is InChI=1S/C13H15ClN4O2/c1-3-15-12-5-4-10(6-13(12)18(19)20)8-17-9(2)11(14)7-16-17/h4-7,15H,3,8H2,1-2H3. The average molecular weight is 295 g/mol. The maximum absolute atomic E-state index is 11.1. The van der Waals surface area contributed by atoms with Crippen LogP contribution in [-0.2, 0) is 6.54 Å². The van der Waals surface area contributed by atoms with Crippen molar-refractivity contribution in [3.8, 4) is 0 Å². The van der Waals surface area contributed by atoms with Crippen LogP contribution >= 0.6 is 11.6 Å². The molecule has 1 aromatic carbocycles. The summed E-state index contributed by atoms with van der Waals surface area (Å²) in [6, 6.07) is 5.13. The van der Waals surface area contributed by atoms with Crippen LogP contribution in [0.3, 0.4) is 0 Å². The second kappa shape index (κ2) is 5.92. The van der Waals surface area contributed by atoms with Gasteiger partial charge in [-0.2, -0.15) is 5.10 Å². The minimum absolute atomic E-state index is 0.0697. The van der Waals surface area contributed by atoms with Crippen molar-refractivity contribution < 1.29 is 4.92 Å². The van der Waals surface area contributed by atoms with E-state index in [9.17, 15) is 10.1 Å². The average Bonchev–Trinajstić information content (AvgIpc) is 2.72. The van der Waals surface area contributed by atoms with Crippen molar-refractivity contribution in [2.75, 3.05) is 11.9 Å². The lowest BCUT2D eigenvalue weighted by Crippen LogP contribution is -2.06. The van der Waals surface area contributed by atoms with Crippen LogP contribution in [0.4, 0.5) is 11.4 Å². The third-order valence-electron chi connectivity index (χ3n) is 3.00. The van der Waals surface area contributed by atoms with E-state index in [1.807, 2.05) is 19.9 Å². The van der Waals surface area contributed by atoms with Gasteiger partial charge in [-0.15, -0.1) is 0 Å². The molecule has 20 heavy (non-hydrogen) atoms. The van der Waals surface area contributed by atoms with Crippen LogP contribution in [0.25, 0.3) is 0 Å². The van der Waals surface area contributed by atoms with Gasteiger partial charge in [0.25, 0.3) is 5.69 Å². The van der Waals surface area contributed by atoms with Crippen LogP contribution < -0.4 is 5.32 Å². The first-order chi connectivity index (χ1) is 9.52. The zero-order chi connectivity index (χ0) is 14.7. The Hall–Kier alpha value is -2.08. The Bertz CT molecular complexity index is 639. The molecule has 0 bridgehead atoms. The largest absolute Gasteiger partial charge is 0.380 e. The molecule has 0 amide bonds. The number of nitrogens with zero attached hydrogens (tertiary/aromatic N) is 3. The van der Waals surface area contributed by atoms with Crippen LogP contribution in [-0.4, -0.2) is 21.2 Å². The van der Waals surface area contributed by atoms with Gasteiger partial charge in [0.15, 0.2) is 0 Å². The summed E-state index contributed by atoms with van der Waals surface area (Å²) in [6.07, 6.45) is 1.57. The quantitative estimate of drug-likeness (QED) is 0.679. The SMILES string of the molecule is CCNc1ccc(Cn2ncc(Cl)c2C)cc1[N+](=O)[O-]. The number of hydrogen-bond donors (Lipinski definition) is 1. The maximum atomic E-state index is 11.1. The summed E-state index contributed by atoms with van der Waals surface area (Å²) in [6.45, 7) is 4.84. The highest BCUT2D eigenvalue weighted by atomic mass is 35.5. The number of halogens is 1. The predicted octanol–water partition coefficient (Wildman–Crippen LogP) is 3.23. The third-order valence-corrected chi connectivity index (χ3v) is 3.37. The van der Waals surface area contributed by atoms with Crippen LogP contribution in [0.15, 0.2) is 24.4 Å². The van der Waals surface area contributed by atoms with E-state index in [0.717, 1.165) is 11.3 Å². The van der Waals surface area contributed by atoms with Gasteiger partial charge in [-0.05, 0) is 25.5 Å². The monoisotopic (exact) mass is 294 g/mol. The third kappa shape index (κ3) is 2.91. The molecule has 2 rings (SSSR count). The van der Waals surface area contributed by atoms with E-state index in [2.05, 4.69) is 10.4 Å². The summed E-state index contributed by atoms with van der Waals surface area (Å²) in [7, 11) is 0. The van der Waals surface area contributed by atoms with Gasteiger partial charge in [0, 0.05) is 12.6 Å². The zero-order valence-electron chi connectivity index (χ0n) is 11.3. The first-order valence-electron chi connectivity index (χ1n) is 6.22. The Morgan fingerprint density at radius 3 is 2.80 bits per heavy atom. The number of nitrogens with one attached hydrogen (secondary N) is 1. The Morgan fingerprint density at radius 2 is 2.25 bits per heavy atom. The summed E-state index contributed by atoms with van der Waals surface area (Å²) in [4.78, 5) is 10.7. The van der Waals surface area contributed by atoms with Gasteiger partial charge in [0.2, 0.25) is 0 Å². The Balaban J connectivity index is 2.31. The highest BCUT2D eigenvalue weighted by Crippen LogP contribution is 2.26. The molecule has 0 aliphatic rings. The van der Waals surface area contributed by atoms with Gasteiger partial charge in [-0.25, -0.2) is 0 Å². The van der Waals surface area contributed by atoms with E-state index in [0.29, 0.717) is 23.8 Å². The Labute approximate surface area is 121 Å². The highest BCUT2D eigenvalue weighted by molar-refractivity contribution is 6.31. The van der Waals surface area contributed by atoms with Gasteiger partial charge in [0.05, 0.1) is 28.4 Å². The van der Waals surface area contributed by atoms with Gasteiger partial charge in [-0.1, -0.05) is 17.7 Å². The summed E-state index contributed by atoms with van der Waals surface area (Å²) in [5.74, 6) is 0. The van der Waals surface area contributed by atoms with E-state index in [1.165, 1.54) is 0 Å². The number of hydrogen-bond acceptors (Lipinski definition) is 4. The van der Waals surface area contributed by atoms with E-state index in [-0.39, 0.29) is 10.6 Å². The minimum Gasteiger partial charge on any atom is -0.380 e. The Morgan fingerprint density at radius 1 is 1.50 bits per heavy atom. The van der Waals surface area contributed by atoms with Crippen LogP contribution in [0.2, 0.25) is 5.02 Å². The van der Waals surface area contributed by atoms with Crippen molar-refractivity contribution in [1.82, 2.24) is 9.78 Å². The molecule has 1 heterocycles. The fourth-order valence-electron chi connectivity index (χ4n) is 1.92. The topological polar surface area (TPSA) is 73.0 Å². The van der Waals surface area contributed by atoms with Gasteiger partial charge in [-0.3, -0.25) is 14.8 Å². The molecule has 0 spiro atoms. The van der Waals surface area contributed by atoms with E-state index in [4.69, 9.17) is 11.6 Å². The first kappa shape index (κ1) is 14.3. The number of rotatable bonds is 5. The molecule has 0 saturated heterocycles. The summed E-state index contributed by atoms with van der Waals surface area (Å²) < 4.78 is 1.72. The summed E-state index contributed by atoms with van der Waals surface area (Å²) in [5.41, 5.74) is 2.24. The van der Waals surface area contributed by atoms with Crippen molar-refractivity contribution in [2.24, 2.45) is 0 Å². The molecule has 0 aliphatic carbocycles. The lowest BCUT2D eigenvalue weighted by molar-refractivity contribution is -0.384. The zero-order valence-corrected chi connectivity index (χ0v) is 12.0. The molecule has 1 aromatic heterocycles. The van der Waals surface area contributed by atoms with Crippen LogP contribution in [0.5, 0.6) is 0 Å². The molecular formula is C13H15ClN4O2. The molecular weight excluding hydrogens is 280 g/mol. The van der Waals surface area contributed by atoms with Crippen LogP contribution in [0.1, 0.15) is 18.2 Å². The molecule has 0 atom stereocenters. The van der Waals surface area contributed by atoms with E-state index >= 15 is 0 Å². The van der Waals surface area contributed by atoms with Crippen LogP contribution in [0, 0.1) is 17.0 Å². The Kier molecular flexibility index (Phi) is 4.24. The molecule has 0 aliphatic heterocycles. The fraction of sp³-hybridized carbons (Fsp3) is 0.308. The first-order valence-corrected chi connectivity index (χ1v) is 6.59. The second-order valence-corrected chi connectivity index (χ2v) is 4.78. The molecule has 7 heteroatoms. The molecule has 1 N–H and O–H groups in total. The van der Waals surface area contributed by atoms with Crippen molar-refractivity contribution in [1.29, 1.82) is 0 Å². The van der Waals surface area contributed by atoms with Gasteiger partial charge in [0.1, 0.15) is 5.69 Å². The summed E-state index contributed by atoms with van der Waals surface area (Å²) in [5, 5.41) is 18.8. The fourth-order valence-corrected chi connectivity index (χ4v) is 2.06. The van der Waals surface area contributed by atoms with E-state index in [1.54, 1.807) is 23.0 Å². The van der Waals surface area contributed by atoms with Gasteiger partial charge < -0.3 is 5.32 Å². The normalized spacial score (nSPS) is 10.6. The predicted molar refractivity (Wildman–Crippen MR) is 78.3 cm³/mol. The number of nitro benzene ring substituents is 1. The molecule has 0 saturated carbocycles. The number of nitro groups is 1. The van der Waals surface area contributed by atoms with E-state index < -0.39 is 0 Å². The molecule has 106 valence electrons. The molecule has 0 fully saturated rings. The molecule has 0 radical (unpaired) electrons. The molecule has 6 nitrogen and oxygen atoms in total. The minimum atomic E-state index is -0.385. The number of benzene rings is 1. The van der Waals surface area contributed by atoms with Crippen molar-refractivity contribution >= 4 is 23.0 Å².